The maximum Gasteiger partial charge on any atom is 0.295 e. The summed E-state index contributed by atoms with van der Waals surface area (Å²) in [4.78, 5) is 25.1. The Morgan fingerprint density at radius 3 is 2.89 bits per heavy atom. The molecule has 3 atom stereocenters. The fraction of sp³-hybridized carbons (Fsp3) is 0.444. The number of hydrogen-bond donors (Lipinski definition) is 1. The first-order valence-electron chi connectivity index (χ1n) is 9.21. The summed E-state index contributed by atoms with van der Waals surface area (Å²) in [5, 5.41) is 18.4. The van der Waals surface area contributed by atoms with Gasteiger partial charge >= 0.3 is 0 Å². The molecule has 10 heteroatoms. The normalized spacial score (nSPS) is 24.9. The van der Waals surface area contributed by atoms with Crippen molar-refractivity contribution in [1.29, 1.82) is 0 Å². The number of nitrogens with one attached hydrogen (secondary N) is 1. The summed E-state index contributed by atoms with van der Waals surface area (Å²) in [5.41, 5.74) is 0.629. The minimum atomic E-state index is -0.628. The molecule has 0 radical (unpaired) electrons. The van der Waals surface area contributed by atoms with Gasteiger partial charge in [0, 0.05) is 43.9 Å². The van der Waals surface area contributed by atoms with Crippen molar-refractivity contribution in [2.24, 2.45) is 11.8 Å². The van der Waals surface area contributed by atoms with Crippen molar-refractivity contribution >= 4 is 17.3 Å². The number of nitro groups is 1. The number of benzene rings is 1. The average molecular weight is 387 g/mol. The van der Waals surface area contributed by atoms with Gasteiger partial charge in [0.05, 0.1) is 23.8 Å². The van der Waals surface area contributed by atoms with E-state index >= 15 is 0 Å². The third-order valence-corrected chi connectivity index (χ3v) is 5.76. The molecular weight excluding hydrogens is 369 g/mol. The Balaban J connectivity index is 1.25. The third-order valence-electron chi connectivity index (χ3n) is 5.76. The van der Waals surface area contributed by atoms with E-state index in [9.17, 15) is 19.3 Å². The number of hydrogen-bond acceptors (Lipinski definition) is 6. The highest BCUT2D eigenvalue weighted by Gasteiger charge is 2.57. The van der Waals surface area contributed by atoms with E-state index in [-0.39, 0.29) is 29.5 Å². The molecule has 1 amide bonds. The van der Waals surface area contributed by atoms with Crippen LogP contribution in [0.3, 0.4) is 0 Å². The lowest BCUT2D eigenvalue weighted by atomic mass is 10.2. The summed E-state index contributed by atoms with van der Waals surface area (Å²) >= 11 is 0. The van der Waals surface area contributed by atoms with Crippen LogP contribution in [0.1, 0.15) is 16.8 Å². The molecule has 9 nitrogen and oxygen atoms in total. The molecule has 1 unspecified atom stereocenters. The first kappa shape index (κ1) is 17.0. The van der Waals surface area contributed by atoms with Crippen LogP contribution < -0.4 is 15.0 Å². The molecule has 0 bridgehead atoms. The van der Waals surface area contributed by atoms with Crippen LogP contribution >= 0.6 is 0 Å². The Labute approximate surface area is 159 Å². The monoisotopic (exact) mass is 387 g/mol. The number of aryl methyl sites for hydroxylation is 1. The number of amides is 1. The van der Waals surface area contributed by atoms with Crippen LogP contribution in [0, 0.1) is 27.8 Å². The molecule has 2 aliphatic heterocycles. The van der Waals surface area contributed by atoms with E-state index < -0.39 is 10.7 Å². The summed E-state index contributed by atoms with van der Waals surface area (Å²) < 4.78 is 20.6. The Kier molecular flexibility index (Phi) is 3.74. The average Bonchev–Trinajstić information content (AvgIpc) is 3.06. The maximum atomic E-state index is 13.4. The largest absolute Gasteiger partial charge is 0.477 e. The number of carbonyl (C=O) groups excluding carboxylic acids is 1. The van der Waals surface area contributed by atoms with Crippen molar-refractivity contribution in [2.75, 3.05) is 24.6 Å². The number of fused-ring (bicyclic) bond motifs is 2. The number of ether oxygens (including phenoxy) is 1. The SMILES string of the molecule is O=C(NC1[C@H]2CN(c3ccc(F)cc3[N+](=O)[O-])C[C@@H]12)c1cnn2c1OCCC2. The first-order valence-corrected chi connectivity index (χ1v) is 9.21. The smallest absolute Gasteiger partial charge is 0.295 e. The van der Waals surface area contributed by atoms with Crippen LogP contribution in [-0.4, -0.2) is 46.3 Å². The highest BCUT2D eigenvalue weighted by atomic mass is 19.1. The summed E-state index contributed by atoms with van der Waals surface area (Å²) in [6.45, 7) is 2.49. The molecule has 1 aromatic carbocycles. The number of anilines is 1. The topological polar surface area (TPSA) is 103 Å². The maximum absolute atomic E-state index is 13.4. The second-order valence-corrected chi connectivity index (χ2v) is 7.41. The molecule has 3 heterocycles. The number of nitro benzene ring substituents is 1. The number of carbonyl (C=O) groups is 1. The van der Waals surface area contributed by atoms with Gasteiger partial charge in [-0.1, -0.05) is 0 Å². The quantitative estimate of drug-likeness (QED) is 0.631. The molecule has 0 spiro atoms. The Morgan fingerprint density at radius 2 is 2.14 bits per heavy atom. The number of rotatable bonds is 4. The fourth-order valence-electron chi connectivity index (χ4n) is 4.30. The van der Waals surface area contributed by atoms with Crippen molar-refractivity contribution in [3.8, 4) is 5.88 Å². The predicted octanol–water partition coefficient (Wildman–Crippen LogP) is 1.58. The lowest BCUT2D eigenvalue weighted by Gasteiger charge is -2.22. The van der Waals surface area contributed by atoms with E-state index in [1.165, 1.54) is 18.3 Å². The van der Waals surface area contributed by atoms with Crippen LogP contribution in [0.2, 0.25) is 0 Å². The molecule has 2 fully saturated rings. The van der Waals surface area contributed by atoms with Gasteiger partial charge in [-0.15, -0.1) is 0 Å². The van der Waals surface area contributed by atoms with Crippen molar-refractivity contribution in [3.05, 3.63) is 45.9 Å². The van der Waals surface area contributed by atoms with E-state index in [0.717, 1.165) is 19.0 Å². The third kappa shape index (κ3) is 2.67. The Hall–Kier alpha value is -3.17. The first-order chi connectivity index (χ1) is 13.5. The summed E-state index contributed by atoms with van der Waals surface area (Å²) in [6.07, 6.45) is 2.40. The summed E-state index contributed by atoms with van der Waals surface area (Å²) in [7, 11) is 0. The van der Waals surface area contributed by atoms with E-state index in [1.54, 1.807) is 4.68 Å². The highest BCUT2D eigenvalue weighted by molar-refractivity contribution is 5.96. The number of aromatic nitrogens is 2. The van der Waals surface area contributed by atoms with Gasteiger partial charge in [0.15, 0.2) is 0 Å². The second kappa shape index (κ2) is 6.18. The van der Waals surface area contributed by atoms with Crippen LogP contribution in [-0.2, 0) is 6.54 Å². The van der Waals surface area contributed by atoms with Crippen molar-refractivity contribution in [2.45, 2.75) is 19.0 Å². The molecule has 1 aromatic heterocycles. The van der Waals surface area contributed by atoms with E-state index in [4.69, 9.17) is 4.74 Å². The van der Waals surface area contributed by atoms with Crippen LogP contribution in [0.5, 0.6) is 5.88 Å². The van der Waals surface area contributed by atoms with Crippen molar-refractivity contribution < 1.29 is 18.8 Å². The zero-order chi connectivity index (χ0) is 19.4. The standard InChI is InChI=1S/C18H18FN5O4/c19-10-2-3-14(15(6-10)24(26)27)22-8-12-13(9-22)16(12)21-17(25)11-7-20-23-4-1-5-28-18(11)23/h2-3,6-7,12-13,16H,1,4-5,8-9H2,(H,21,25)/t12-,13+,16?. The predicted molar refractivity (Wildman–Crippen MR) is 95.8 cm³/mol. The van der Waals surface area contributed by atoms with Crippen LogP contribution in [0.4, 0.5) is 15.8 Å². The van der Waals surface area contributed by atoms with E-state index in [0.29, 0.717) is 36.8 Å². The lowest BCUT2D eigenvalue weighted by molar-refractivity contribution is -0.384. The molecule has 1 aliphatic carbocycles. The van der Waals surface area contributed by atoms with E-state index in [2.05, 4.69) is 10.4 Å². The second-order valence-electron chi connectivity index (χ2n) is 7.41. The summed E-state index contributed by atoms with van der Waals surface area (Å²) in [5.74, 6) is 0.124. The molecule has 3 aliphatic rings. The Bertz CT molecular complexity index is 965. The zero-order valence-corrected chi connectivity index (χ0v) is 14.9. The van der Waals surface area contributed by atoms with Gasteiger partial charge in [0.2, 0.25) is 5.88 Å². The number of nitrogens with zero attached hydrogens (tertiary/aromatic N) is 4. The molecule has 146 valence electrons. The zero-order valence-electron chi connectivity index (χ0n) is 14.9. The highest BCUT2D eigenvalue weighted by Crippen LogP contribution is 2.48. The minimum absolute atomic E-state index is 0.0300. The van der Waals surface area contributed by atoms with Gasteiger partial charge in [-0.2, -0.15) is 5.10 Å². The molecule has 2 aromatic rings. The molecular formula is C18H18FN5O4. The molecule has 28 heavy (non-hydrogen) atoms. The minimum Gasteiger partial charge on any atom is -0.477 e. The van der Waals surface area contributed by atoms with Crippen molar-refractivity contribution in [3.63, 3.8) is 0 Å². The van der Waals surface area contributed by atoms with Crippen LogP contribution in [0.15, 0.2) is 24.4 Å². The van der Waals surface area contributed by atoms with Gasteiger partial charge in [-0.05, 0) is 12.1 Å². The van der Waals surface area contributed by atoms with Gasteiger partial charge in [0.25, 0.3) is 11.6 Å². The molecule has 5 rings (SSSR count). The van der Waals surface area contributed by atoms with Gasteiger partial charge in [-0.3, -0.25) is 14.9 Å². The Morgan fingerprint density at radius 1 is 1.36 bits per heavy atom. The molecule has 1 saturated heterocycles. The summed E-state index contributed by atoms with van der Waals surface area (Å²) in [6, 6.07) is 3.65. The van der Waals surface area contributed by atoms with Crippen molar-refractivity contribution in [1.82, 2.24) is 15.1 Å². The lowest BCUT2D eigenvalue weighted by Crippen LogP contribution is -2.35. The molecule has 1 saturated carbocycles. The molecule has 1 N–H and O–H groups in total. The number of halogens is 1. The van der Waals surface area contributed by atoms with Gasteiger partial charge in [0.1, 0.15) is 17.1 Å². The van der Waals surface area contributed by atoms with Gasteiger partial charge < -0.3 is 15.0 Å². The fourth-order valence-corrected chi connectivity index (χ4v) is 4.30. The number of piperidine rings is 1. The van der Waals surface area contributed by atoms with Crippen LogP contribution in [0.25, 0.3) is 0 Å². The van der Waals surface area contributed by atoms with Gasteiger partial charge in [-0.25, -0.2) is 9.07 Å². The van der Waals surface area contributed by atoms with E-state index in [1.807, 2.05) is 4.90 Å².